The third kappa shape index (κ3) is 7.70. The topological polar surface area (TPSA) is 9.86 Å². The van der Waals surface area contributed by atoms with Gasteiger partial charge in [-0.05, 0) is 190 Å². The first kappa shape index (κ1) is 44.9. The maximum Gasteiger partial charge on any atom is 0.0541 e. The van der Waals surface area contributed by atoms with E-state index in [9.17, 15) is 0 Å². The molecule has 2 aromatic heterocycles. The van der Waals surface area contributed by atoms with Crippen LogP contribution in [0.2, 0.25) is 0 Å². The van der Waals surface area contributed by atoms with Gasteiger partial charge >= 0.3 is 0 Å². The Balaban J connectivity index is 0.697. The number of benzene rings is 10. The van der Waals surface area contributed by atoms with E-state index in [0.29, 0.717) is 0 Å². The molecule has 12 aromatic rings. The molecule has 0 amide bonds. The van der Waals surface area contributed by atoms with E-state index in [0.717, 1.165) is 0 Å². The van der Waals surface area contributed by atoms with E-state index in [1.807, 2.05) is 0 Å². The van der Waals surface area contributed by atoms with Crippen LogP contribution in [0.3, 0.4) is 0 Å². The molecule has 0 unspecified atom stereocenters. The third-order valence-corrected chi connectivity index (χ3v) is 16.6. The molecule has 0 atom stereocenters. The van der Waals surface area contributed by atoms with Gasteiger partial charge in [0.2, 0.25) is 0 Å². The molecule has 2 nitrogen and oxygen atoms in total. The molecule has 0 aliphatic heterocycles. The van der Waals surface area contributed by atoms with Crippen molar-refractivity contribution in [1.29, 1.82) is 0 Å². The summed E-state index contributed by atoms with van der Waals surface area (Å²) < 4.78 is 4.83. The molecular formula is C73H58N2. The minimum absolute atomic E-state index is 0.0699. The highest BCUT2D eigenvalue weighted by Gasteiger charge is 2.45. The van der Waals surface area contributed by atoms with Crippen molar-refractivity contribution < 1.29 is 0 Å². The average Bonchev–Trinajstić information content (AvgIpc) is 4.23. The SMILES string of the molecule is Cc1cc(C)cc(-n2c3ccccc3c3cc(-c4ccc(C=Cc5ccc6c(c5)C5(CCCC5)c5cc(C=Cc7ccc(-c8ccc9c(c8)c8ccccc8n9-c8cc(C)cc(C)c8)cc7)ccc5-6)cc4)ccc32)c1. The predicted octanol–water partition coefficient (Wildman–Crippen LogP) is 19.6. The van der Waals surface area contributed by atoms with Gasteiger partial charge in [0.05, 0.1) is 22.1 Å². The lowest BCUT2D eigenvalue weighted by molar-refractivity contribution is 0.550. The Bertz CT molecular complexity index is 4000. The van der Waals surface area contributed by atoms with Crippen molar-refractivity contribution in [3.8, 4) is 44.8 Å². The Morgan fingerprint density at radius 2 is 0.680 bits per heavy atom. The summed E-state index contributed by atoms with van der Waals surface area (Å²) in [6, 6.07) is 77.6. The molecule has 0 N–H and O–H groups in total. The van der Waals surface area contributed by atoms with Crippen molar-refractivity contribution in [2.45, 2.75) is 58.8 Å². The lowest BCUT2D eigenvalue weighted by atomic mass is 9.76. The second-order valence-electron chi connectivity index (χ2n) is 21.7. The summed E-state index contributed by atoms with van der Waals surface area (Å²) in [6.07, 6.45) is 14.1. The Kier molecular flexibility index (Phi) is 10.6. The molecule has 2 aliphatic carbocycles. The van der Waals surface area contributed by atoms with Crippen LogP contribution in [0.4, 0.5) is 0 Å². The highest BCUT2D eigenvalue weighted by atomic mass is 15.0. The average molecular weight is 963 g/mol. The molecule has 2 aliphatic rings. The summed E-state index contributed by atoms with van der Waals surface area (Å²) >= 11 is 0. The first-order valence-corrected chi connectivity index (χ1v) is 26.8. The summed E-state index contributed by atoms with van der Waals surface area (Å²) in [5, 5.41) is 5.11. The minimum atomic E-state index is 0.0699. The van der Waals surface area contributed by atoms with E-state index in [4.69, 9.17) is 0 Å². The molecule has 0 radical (unpaired) electrons. The fourth-order valence-electron chi connectivity index (χ4n) is 13.2. The van der Waals surface area contributed by atoms with Gasteiger partial charge < -0.3 is 9.13 Å². The van der Waals surface area contributed by atoms with Crippen molar-refractivity contribution in [3.63, 3.8) is 0 Å². The monoisotopic (exact) mass is 962 g/mol. The maximum absolute atomic E-state index is 2.49. The first-order valence-electron chi connectivity index (χ1n) is 26.8. The van der Waals surface area contributed by atoms with Crippen LogP contribution in [0.5, 0.6) is 0 Å². The van der Waals surface area contributed by atoms with E-state index < -0.39 is 0 Å². The van der Waals surface area contributed by atoms with E-state index in [-0.39, 0.29) is 5.41 Å². The number of rotatable bonds is 8. The van der Waals surface area contributed by atoms with Crippen molar-refractivity contribution in [3.05, 3.63) is 262 Å². The summed E-state index contributed by atoms with van der Waals surface area (Å²) in [4.78, 5) is 0. The summed E-state index contributed by atoms with van der Waals surface area (Å²) in [5.41, 5.74) is 28.2. The van der Waals surface area contributed by atoms with Crippen molar-refractivity contribution in [2.75, 3.05) is 0 Å². The van der Waals surface area contributed by atoms with Gasteiger partial charge in [-0.25, -0.2) is 0 Å². The van der Waals surface area contributed by atoms with Gasteiger partial charge in [0.15, 0.2) is 0 Å². The Labute approximate surface area is 440 Å². The Morgan fingerprint density at radius 3 is 1.11 bits per heavy atom. The number of hydrogen-bond donors (Lipinski definition) is 0. The van der Waals surface area contributed by atoms with Crippen LogP contribution < -0.4 is 0 Å². The molecule has 14 rings (SSSR count). The third-order valence-electron chi connectivity index (χ3n) is 16.6. The molecule has 1 saturated carbocycles. The van der Waals surface area contributed by atoms with Gasteiger partial charge in [-0.2, -0.15) is 0 Å². The van der Waals surface area contributed by atoms with Gasteiger partial charge in [-0.3, -0.25) is 0 Å². The molecule has 2 heteroatoms. The smallest absolute Gasteiger partial charge is 0.0541 e. The van der Waals surface area contributed by atoms with Crippen LogP contribution in [0.25, 0.3) is 113 Å². The zero-order valence-electron chi connectivity index (χ0n) is 43.2. The molecule has 0 bridgehead atoms. The Morgan fingerprint density at radius 1 is 0.320 bits per heavy atom. The fourth-order valence-corrected chi connectivity index (χ4v) is 13.2. The van der Waals surface area contributed by atoms with Gasteiger partial charge in [0.25, 0.3) is 0 Å². The quantitative estimate of drug-likeness (QED) is 0.134. The first-order chi connectivity index (χ1) is 36.7. The number of para-hydroxylation sites is 2. The van der Waals surface area contributed by atoms with Crippen LogP contribution in [0.1, 0.15) is 81.3 Å². The lowest BCUT2D eigenvalue weighted by Gasteiger charge is -2.27. The molecule has 10 aromatic carbocycles. The molecule has 1 fully saturated rings. The number of aryl methyl sites for hydroxylation is 4. The van der Waals surface area contributed by atoms with Gasteiger partial charge in [-0.15, -0.1) is 0 Å². The molecule has 360 valence electrons. The number of nitrogens with zero attached hydrogens (tertiary/aromatic N) is 2. The normalized spacial score (nSPS) is 13.9. The second kappa shape index (κ2) is 17.7. The van der Waals surface area contributed by atoms with E-state index in [1.54, 1.807) is 0 Å². The maximum atomic E-state index is 2.49. The van der Waals surface area contributed by atoms with Gasteiger partial charge in [0, 0.05) is 38.3 Å². The van der Waals surface area contributed by atoms with Crippen LogP contribution in [0, 0.1) is 27.7 Å². The number of hydrogen-bond acceptors (Lipinski definition) is 0. The zero-order valence-corrected chi connectivity index (χ0v) is 43.2. The number of aromatic nitrogens is 2. The predicted molar refractivity (Wildman–Crippen MR) is 320 cm³/mol. The van der Waals surface area contributed by atoms with Crippen molar-refractivity contribution >= 4 is 67.9 Å². The molecule has 75 heavy (non-hydrogen) atoms. The summed E-state index contributed by atoms with van der Waals surface area (Å²) in [5.74, 6) is 0. The molecular weight excluding hydrogens is 905 g/mol. The van der Waals surface area contributed by atoms with E-state index in [2.05, 4.69) is 267 Å². The van der Waals surface area contributed by atoms with Crippen LogP contribution in [-0.4, -0.2) is 9.13 Å². The Hall–Kier alpha value is -8.72. The van der Waals surface area contributed by atoms with Crippen LogP contribution >= 0.6 is 0 Å². The minimum Gasteiger partial charge on any atom is -0.309 e. The van der Waals surface area contributed by atoms with Crippen LogP contribution in [-0.2, 0) is 5.41 Å². The van der Waals surface area contributed by atoms with E-state index >= 15 is 0 Å². The van der Waals surface area contributed by atoms with Gasteiger partial charge in [-0.1, -0.05) is 183 Å². The highest BCUT2D eigenvalue weighted by molar-refractivity contribution is 6.11. The largest absolute Gasteiger partial charge is 0.309 e. The fraction of sp³-hybridized carbons (Fsp3) is 0.123. The molecule has 0 saturated heterocycles. The van der Waals surface area contributed by atoms with Crippen molar-refractivity contribution in [1.82, 2.24) is 9.13 Å². The summed E-state index contributed by atoms with van der Waals surface area (Å²) in [6.45, 7) is 8.73. The van der Waals surface area contributed by atoms with Crippen LogP contribution in [0.15, 0.2) is 206 Å². The molecule has 2 heterocycles. The second-order valence-corrected chi connectivity index (χ2v) is 21.7. The van der Waals surface area contributed by atoms with Gasteiger partial charge in [0.1, 0.15) is 0 Å². The van der Waals surface area contributed by atoms with E-state index in [1.165, 1.54) is 170 Å². The zero-order chi connectivity index (χ0) is 50.4. The standard InChI is InChI=1S/C73H58N2/c1-47-37-48(2)40-59(39-47)74-69-13-7-5-11-63(69)65-45-57(29-33-71(65)74)55-25-19-51(20-26-55)15-17-53-23-31-61-62-32-24-54(44-68(62)73(67(61)43-53)35-9-10-36-73)18-16-52-21-27-56(28-22-52)58-30-34-72-66(46-58)64-12-6-8-14-70(64)75(72)60-41-49(3)38-50(4)42-60/h5-8,11-34,37-46H,9-10,35-36H2,1-4H3. The lowest BCUT2D eigenvalue weighted by Crippen LogP contribution is -2.20. The summed E-state index contributed by atoms with van der Waals surface area (Å²) in [7, 11) is 0. The van der Waals surface area contributed by atoms with Crippen molar-refractivity contribution in [2.24, 2.45) is 0 Å². The number of fused-ring (bicyclic) bond motifs is 11. The highest BCUT2D eigenvalue weighted by Crippen LogP contribution is 2.57. The molecule has 1 spiro atoms.